The smallest absolute Gasteiger partial charge is 0.497 e. The van der Waals surface area contributed by atoms with Gasteiger partial charge < -0.3 is 24.3 Å². The van der Waals surface area contributed by atoms with E-state index in [1.807, 2.05) is 0 Å². The molecule has 30 heavy (non-hydrogen) atoms. The number of carbonyl (C=O) groups excluding carboxylic acids is 2. The van der Waals surface area contributed by atoms with Crippen LogP contribution in [0.1, 0.15) is 39.4 Å². The van der Waals surface area contributed by atoms with Gasteiger partial charge in [-0.05, 0) is 69.7 Å². The van der Waals surface area contributed by atoms with Crippen LogP contribution < -0.4 is 14.8 Å². The molecule has 0 aliphatic rings. The van der Waals surface area contributed by atoms with E-state index in [0.29, 0.717) is 22.7 Å². The lowest BCUT2D eigenvalue weighted by molar-refractivity contribution is -0.124. The van der Waals surface area contributed by atoms with Crippen molar-refractivity contribution in [1.82, 2.24) is 0 Å². The predicted molar refractivity (Wildman–Crippen MR) is 114 cm³/mol. The Kier molecular flexibility index (Phi) is 7.69. The first-order valence-electron chi connectivity index (χ1n) is 9.61. The van der Waals surface area contributed by atoms with Crippen molar-refractivity contribution in [1.29, 1.82) is 0 Å². The van der Waals surface area contributed by atoms with Crippen LogP contribution in [0, 0.1) is 5.92 Å². The topological polar surface area (TPSA) is 83.1 Å². The summed E-state index contributed by atoms with van der Waals surface area (Å²) in [5.74, 6) is 0.355. The van der Waals surface area contributed by atoms with Crippen LogP contribution in [-0.2, 0) is 14.3 Å². The Hall–Kier alpha value is -3.22. The van der Waals surface area contributed by atoms with Crippen LogP contribution in [0.5, 0.6) is 11.5 Å². The summed E-state index contributed by atoms with van der Waals surface area (Å²) in [6.07, 6.45) is -1.68. The molecular weight excluding hydrogens is 386 g/mol. The third kappa shape index (κ3) is 6.69. The van der Waals surface area contributed by atoms with Crippen LogP contribution in [-0.4, -0.2) is 31.9 Å². The van der Waals surface area contributed by atoms with Gasteiger partial charge in [-0.15, -0.1) is 0 Å². The average Bonchev–Trinajstić information content (AvgIpc) is 2.71. The first-order chi connectivity index (χ1) is 14.1. The van der Waals surface area contributed by atoms with Crippen LogP contribution in [0.3, 0.4) is 0 Å². The lowest BCUT2D eigenvalue weighted by Gasteiger charge is -2.26. The first kappa shape index (κ1) is 23.1. The van der Waals surface area contributed by atoms with Crippen molar-refractivity contribution in [2.45, 2.75) is 39.4 Å². The van der Waals surface area contributed by atoms with E-state index in [4.69, 9.17) is 18.9 Å². The summed E-state index contributed by atoms with van der Waals surface area (Å²) in [5, 5.41) is 2.84. The zero-order chi connectivity index (χ0) is 22.3. The number of anilines is 1. The summed E-state index contributed by atoms with van der Waals surface area (Å²) in [4.78, 5) is 25.2. The minimum Gasteiger partial charge on any atom is -0.497 e. The molecule has 162 valence electrons. The van der Waals surface area contributed by atoms with Gasteiger partial charge in [0.15, 0.2) is 0 Å². The van der Waals surface area contributed by atoms with Gasteiger partial charge in [0, 0.05) is 5.69 Å². The monoisotopic (exact) mass is 415 g/mol. The fourth-order valence-corrected chi connectivity index (χ4v) is 2.70. The number of hydrogen-bond donors (Lipinski definition) is 1. The van der Waals surface area contributed by atoms with Crippen LogP contribution in [0.4, 0.5) is 10.5 Å². The van der Waals surface area contributed by atoms with Gasteiger partial charge in [-0.1, -0.05) is 12.1 Å². The van der Waals surface area contributed by atoms with Crippen molar-refractivity contribution < 1.29 is 28.5 Å². The average molecular weight is 415 g/mol. The molecule has 0 aliphatic carbocycles. The molecule has 2 atom stereocenters. The number of amides is 1. The quantitative estimate of drug-likeness (QED) is 0.643. The van der Waals surface area contributed by atoms with E-state index in [1.54, 1.807) is 90.4 Å². The van der Waals surface area contributed by atoms with Crippen molar-refractivity contribution in [3.63, 3.8) is 0 Å². The summed E-state index contributed by atoms with van der Waals surface area (Å²) >= 11 is 0. The molecule has 2 rings (SSSR count). The second-order valence-electron chi connectivity index (χ2n) is 7.78. The van der Waals surface area contributed by atoms with Crippen LogP contribution in [0.25, 0.3) is 0 Å². The van der Waals surface area contributed by atoms with E-state index in [-0.39, 0.29) is 5.91 Å². The molecule has 0 unspecified atom stereocenters. The third-order valence-electron chi connectivity index (χ3n) is 4.28. The van der Waals surface area contributed by atoms with Gasteiger partial charge in [-0.25, -0.2) is 4.79 Å². The maximum atomic E-state index is 12.9. The van der Waals surface area contributed by atoms with Crippen molar-refractivity contribution in [3.05, 3.63) is 54.1 Å². The molecule has 2 aromatic carbocycles. The second kappa shape index (κ2) is 10.0. The van der Waals surface area contributed by atoms with Crippen molar-refractivity contribution >= 4 is 17.7 Å². The summed E-state index contributed by atoms with van der Waals surface area (Å²) in [5.41, 5.74) is 0.549. The molecule has 7 nitrogen and oxygen atoms in total. The molecule has 0 aromatic heterocycles. The number of carbonyl (C=O) groups is 2. The van der Waals surface area contributed by atoms with Gasteiger partial charge in [0.05, 0.1) is 20.1 Å². The maximum Gasteiger partial charge on any atom is 0.509 e. The van der Waals surface area contributed by atoms with E-state index in [0.717, 1.165) is 0 Å². The highest BCUT2D eigenvalue weighted by atomic mass is 16.7. The molecule has 0 bridgehead atoms. The van der Waals surface area contributed by atoms with Crippen LogP contribution in [0.2, 0.25) is 0 Å². The summed E-state index contributed by atoms with van der Waals surface area (Å²) in [6.45, 7) is 6.93. The zero-order valence-electron chi connectivity index (χ0n) is 18.2. The van der Waals surface area contributed by atoms with Gasteiger partial charge in [-0.3, -0.25) is 4.79 Å². The highest BCUT2D eigenvalue weighted by molar-refractivity contribution is 5.93. The molecule has 1 amide bonds. The van der Waals surface area contributed by atoms with Crippen molar-refractivity contribution in [2.75, 3.05) is 19.5 Å². The van der Waals surface area contributed by atoms with Crippen molar-refractivity contribution in [2.24, 2.45) is 5.92 Å². The first-order valence-corrected chi connectivity index (χ1v) is 9.61. The largest absolute Gasteiger partial charge is 0.509 e. The van der Waals surface area contributed by atoms with Gasteiger partial charge in [-0.2, -0.15) is 0 Å². The predicted octanol–water partition coefficient (Wildman–Crippen LogP) is 4.97. The molecule has 1 N–H and O–H groups in total. The number of ether oxygens (including phenoxy) is 4. The normalized spacial score (nSPS) is 13.0. The molecule has 0 saturated carbocycles. The Morgan fingerprint density at radius 3 is 1.83 bits per heavy atom. The fraction of sp³-hybridized carbons (Fsp3) is 0.391. The lowest BCUT2D eigenvalue weighted by Crippen LogP contribution is -2.31. The van der Waals surface area contributed by atoms with Gasteiger partial charge in [0.25, 0.3) is 0 Å². The fourth-order valence-electron chi connectivity index (χ4n) is 2.70. The molecule has 0 fully saturated rings. The molecule has 0 heterocycles. The standard InChI is InChI=1S/C23H29NO6/c1-15(21(25)24-17-9-13-19(28-6)14-10-17)20(29-22(26)30-23(2,3)4)16-7-11-18(27-5)12-8-16/h7-15,20H,1-6H3,(H,24,25)/t15-,20-/m1/s1. The molecule has 0 saturated heterocycles. The van der Waals surface area contributed by atoms with E-state index in [9.17, 15) is 9.59 Å². The number of methoxy groups -OCH3 is 2. The lowest BCUT2D eigenvalue weighted by atomic mass is 9.96. The molecule has 0 spiro atoms. The Bertz CT molecular complexity index is 839. The van der Waals surface area contributed by atoms with Crippen LogP contribution >= 0.6 is 0 Å². The number of rotatable bonds is 7. The SMILES string of the molecule is COc1ccc(NC(=O)[C@H](C)[C@@H](OC(=O)OC(C)(C)C)c2ccc(OC)cc2)cc1. The zero-order valence-corrected chi connectivity index (χ0v) is 18.2. The van der Waals surface area contributed by atoms with E-state index < -0.39 is 23.8 Å². The number of hydrogen-bond acceptors (Lipinski definition) is 6. The van der Waals surface area contributed by atoms with Crippen molar-refractivity contribution in [3.8, 4) is 11.5 Å². The summed E-state index contributed by atoms with van der Waals surface area (Å²) < 4.78 is 21.1. The molecular formula is C23H29NO6. The minimum atomic E-state index is -0.844. The maximum absolute atomic E-state index is 12.9. The molecule has 2 aromatic rings. The highest BCUT2D eigenvalue weighted by Gasteiger charge is 2.31. The number of nitrogens with one attached hydrogen (secondary N) is 1. The molecule has 0 aliphatic heterocycles. The Morgan fingerprint density at radius 1 is 0.867 bits per heavy atom. The Labute approximate surface area is 177 Å². The Morgan fingerprint density at radius 2 is 1.37 bits per heavy atom. The van der Waals surface area contributed by atoms with E-state index in [1.165, 1.54) is 0 Å². The highest BCUT2D eigenvalue weighted by Crippen LogP contribution is 2.30. The van der Waals surface area contributed by atoms with Crippen LogP contribution in [0.15, 0.2) is 48.5 Å². The van der Waals surface area contributed by atoms with Gasteiger partial charge in [0.1, 0.15) is 23.2 Å². The summed E-state index contributed by atoms with van der Waals surface area (Å²) in [7, 11) is 3.14. The van der Waals surface area contributed by atoms with E-state index in [2.05, 4.69) is 5.32 Å². The number of benzene rings is 2. The molecule has 7 heteroatoms. The second-order valence-corrected chi connectivity index (χ2v) is 7.78. The minimum absolute atomic E-state index is 0.301. The third-order valence-corrected chi connectivity index (χ3v) is 4.28. The Balaban J connectivity index is 2.21. The van der Waals surface area contributed by atoms with Gasteiger partial charge >= 0.3 is 6.16 Å². The van der Waals surface area contributed by atoms with E-state index >= 15 is 0 Å². The summed E-state index contributed by atoms with van der Waals surface area (Å²) in [6, 6.07) is 14.0. The molecule has 0 radical (unpaired) electrons. The van der Waals surface area contributed by atoms with Gasteiger partial charge in [0.2, 0.25) is 5.91 Å².